The van der Waals surface area contributed by atoms with Crippen LogP contribution in [0.5, 0.6) is 0 Å². The minimum Gasteiger partial charge on any atom is -0.383 e. The van der Waals surface area contributed by atoms with Gasteiger partial charge in [0.05, 0.1) is 11.2 Å². The predicted octanol–water partition coefficient (Wildman–Crippen LogP) is 5.75. The number of rotatable bonds is 4. The number of allylic oxidation sites excluding steroid dienone is 2. The van der Waals surface area contributed by atoms with Crippen LogP contribution in [0.2, 0.25) is 0 Å². The van der Waals surface area contributed by atoms with Crippen LogP contribution in [0.1, 0.15) is 0 Å². The summed E-state index contributed by atoms with van der Waals surface area (Å²) in [5.74, 6) is 0.203. The third kappa shape index (κ3) is 2.91. The lowest BCUT2D eigenvalue weighted by atomic mass is 10.0. The van der Waals surface area contributed by atoms with Gasteiger partial charge in [-0.1, -0.05) is 37.4 Å². The molecule has 0 aliphatic rings. The van der Waals surface area contributed by atoms with Crippen LogP contribution in [0.25, 0.3) is 39.0 Å². The normalized spacial score (nSPS) is 10.9. The first-order valence-electron chi connectivity index (χ1n) is 8.52. The second kappa shape index (κ2) is 6.57. The van der Waals surface area contributed by atoms with E-state index in [2.05, 4.69) is 30.3 Å². The van der Waals surface area contributed by atoms with E-state index in [1.807, 2.05) is 28.8 Å². The summed E-state index contributed by atoms with van der Waals surface area (Å²) in [6.07, 6.45) is 3.38. The van der Waals surface area contributed by atoms with Gasteiger partial charge in [-0.15, -0.1) is 0 Å². The molecule has 4 aromatic rings. The average Bonchev–Trinajstić information content (AvgIpc) is 3.06. The quantitative estimate of drug-likeness (QED) is 0.474. The lowest BCUT2D eigenvalue weighted by molar-refractivity contribution is 0.628. The molecule has 0 aliphatic heterocycles. The summed E-state index contributed by atoms with van der Waals surface area (Å²) < 4.78 is 15.3. The van der Waals surface area contributed by atoms with Crippen molar-refractivity contribution in [2.45, 2.75) is 0 Å². The molecule has 0 saturated carbocycles. The smallest absolute Gasteiger partial charge is 0.132 e. The fraction of sp³-hybridized carbons (Fsp3) is 0. The van der Waals surface area contributed by atoms with E-state index in [0.29, 0.717) is 5.82 Å². The van der Waals surface area contributed by atoms with E-state index in [1.165, 1.54) is 12.1 Å². The van der Waals surface area contributed by atoms with Gasteiger partial charge in [-0.2, -0.15) is 0 Å². The number of aromatic nitrogens is 2. The second-order valence-electron chi connectivity index (χ2n) is 6.28. The van der Waals surface area contributed by atoms with Crippen molar-refractivity contribution >= 4 is 22.4 Å². The molecule has 2 aromatic carbocycles. The molecule has 3 nitrogen and oxygen atoms in total. The maximum Gasteiger partial charge on any atom is 0.132 e. The first-order valence-corrected chi connectivity index (χ1v) is 8.52. The minimum absolute atomic E-state index is 0.252. The van der Waals surface area contributed by atoms with Crippen LogP contribution in [0, 0.1) is 5.82 Å². The van der Waals surface area contributed by atoms with Crippen molar-refractivity contribution in [3.05, 3.63) is 91.9 Å². The van der Waals surface area contributed by atoms with E-state index < -0.39 is 0 Å². The summed E-state index contributed by atoms with van der Waals surface area (Å²) in [6, 6.07) is 18.4. The fourth-order valence-corrected chi connectivity index (χ4v) is 3.26. The zero-order chi connectivity index (χ0) is 19.0. The highest BCUT2D eigenvalue weighted by Gasteiger charge is 2.15. The van der Waals surface area contributed by atoms with Gasteiger partial charge in [0.25, 0.3) is 0 Å². The van der Waals surface area contributed by atoms with Crippen LogP contribution in [0.15, 0.2) is 86.1 Å². The van der Waals surface area contributed by atoms with Crippen molar-refractivity contribution in [1.82, 2.24) is 9.55 Å². The summed E-state index contributed by atoms with van der Waals surface area (Å²) in [6.45, 7) is 7.99. The molecule has 0 amide bonds. The minimum atomic E-state index is -0.252. The van der Waals surface area contributed by atoms with Crippen LogP contribution in [0.4, 0.5) is 10.2 Å². The van der Waals surface area contributed by atoms with Gasteiger partial charge in [-0.3, -0.25) is 0 Å². The van der Waals surface area contributed by atoms with Crippen molar-refractivity contribution in [1.29, 1.82) is 0 Å². The number of hydrogen-bond acceptors (Lipinski definition) is 2. The van der Waals surface area contributed by atoms with Gasteiger partial charge in [-0.05, 0) is 53.6 Å². The van der Waals surface area contributed by atoms with Gasteiger partial charge in [0.1, 0.15) is 11.6 Å². The number of nitrogen functional groups attached to an aromatic ring is 1. The number of benzene rings is 2. The number of nitrogens with two attached hydrogens (primary N) is 1. The summed E-state index contributed by atoms with van der Waals surface area (Å²) in [5.41, 5.74) is 11.5. The molecule has 0 spiro atoms. The standard InChI is InChI=1S/C23H18FN3/c1-3-15(2)27-21-13-17(16-8-10-19(24)11-9-16)6-7-18(21)14-22(27)20-5-4-12-26-23(20)25/h3-14H,1-2H2,(H2,25,26). The lowest BCUT2D eigenvalue weighted by Crippen LogP contribution is -2.00. The Labute approximate surface area is 156 Å². The molecule has 0 saturated heterocycles. The lowest BCUT2D eigenvalue weighted by Gasteiger charge is -2.12. The van der Waals surface area contributed by atoms with Crippen molar-refractivity contribution in [3.63, 3.8) is 0 Å². The Kier molecular flexibility index (Phi) is 4.09. The number of fused-ring (bicyclic) bond motifs is 1. The van der Waals surface area contributed by atoms with E-state index in [4.69, 9.17) is 5.73 Å². The summed E-state index contributed by atoms with van der Waals surface area (Å²) in [5, 5.41) is 1.04. The summed E-state index contributed by atoms with van der Waals surface area (Å²) in [7, 11) is 0. The Bertz CT molecular complexity index is 1170. The van der Waals surface area contributed by atoms with Crippen LogP contribution >= 0.6 is 0 Å². The summed E-state index contributed by atoms with van der Waals surface area (Å²) >= 11 is 0. The molecular formula is C23H18FN3. The Morgan fingerprint density at radius 2 is 1.78 bits per heavy atom. The predicted molar refractivity (Wildman–Crippen MR) is 111 cm³/mol. The number of anilines is 1. The SMILES string of the molecule is C=CC(=C)n1c(-c2cccnc2N)cc2ccc(-c3ccc(F)cc3)cc21. The highest BCUT2D eigenvalue weighted by molar-refractivity contribution is 5.95. The molecule has 0 atom stereocenters. The topological polar surface area (TPSA) is 43.8 Å². The largest absolute Gasteiger partial charge is 0.383 e. The molecule has 2 heterocycles. The fourth-order valence-electron chi connectivity index (χ4n) is 3.26. The molecule has 2 aromatic heterocycles. The highest BCUT2D eigenvalue weighted by atomic mass is 19.1. The third-order valence-corrected chi connectivity index (χ3v) is 4.62. The van der Waals surface area contributed by atoms with Gasteiger partial charge < -0.3 is 10.3 Å². The van der Waals surface area contributed by atoms with Gasteiger partial charge in [0.15, 0.2) is 0 Å². The molecule has 132 valence electrons. The zero-order valence-electron chi connectivity index (χ0n) is 14.7. The van der Waals surface area contributed by atoms with Gasteiger partial charge in [-0.25, -0.2) is 9.37 Å². The van der Waals surface area contributed by atoms with E-state index in [-0.39, 0.29) is 5.82 Å². The maximum absolute atomic E-state index is 13.3. The monoisotopic (exact) mass is 355 g/mol. The van der Waals surface area contributed by atoms with E-state index in [9.17, 15) is 4.39 Å². The van der Waals surface area contributed by atoms with Crippen LogP contribution in [-0.4, -0.2) is 9.55 Å². The average molecular weight is 355 g/mol. The molecule has 4 rings (SSSR count). The number of nitrogens with zero attached hydrogens (tertiary/aromatic N) is 2. The maximum atomic E-state index is 13.3. The van der Waals surface area contributed by atoms with Crippen molar-refractivity contribution in [3.8, 4) is 22.4 Å². The molecular weight excluding hydrogens is 337 g/mol. The van der Waals surface area contributed by atoms with E-state index in [1.54, 1.807) is 24.4 Å². The molecule has 4 heteroatoms. The third-order valence-electron chi connectivity index (χ3n) is 4.62. The number of halogens is 1. The van der Waals surface area contributed by atoms with Crippen molar-refractivity contribution < 1.29 is 4.39 Å². The Hall–Kier alpha value is -3.66. The molecule has 0 fully saturated rings. The first kappa shape index (κ1) is 16.8. The zero-order valence-corrected chi connectivity index (χ0v) is 14.7. The van der Waals surface area contributed by atoms with Gasteiger partial charge >= 0.3 is 0 Å². The second-order valence-corrected chi connectivity index (χ2v) is 6.28. The van der Waals surface area contributed by atoms with Gasteiger partial charge in [0.2, 0.25) is 0 Å². The summed E-state index contributed by atoms with van der Waals surface area (Å²) in [4.78, 5) is 4.20. The first-order chi connectivity index (χ1) is 13.1. The Morgan fingerprint density at radius 1 is 1.04 bits per heavy atom. The molecule has 0 aliphatic carbocycles. The van der Waals surface area contributed by atoms with Crippen LogP contribution in [0.3, 0.4) is 0 Å². The number of pyridine rings is 1. The molecule has 0 bridgehead atoms. The molecule has 0 radical (unpaired) electrons. The van der Waals surface area contributed by atoms with Crippen LogP contribution in [-0.2, 0) is 0 Å². The molecule has 0 unspecified atom stereocenters. The van der Waals surface area contributed by atoms with Crippen molar-refractivity contribution in [2.24, 2.45) is 0 Å². The Balaban J connectivity index is 1.98. The Morgan fingerprint density at radius 3 is 2.48 bits per heavy atom. The van der Waals surface area contributed by atoms with Crippen LogP contribution < -0.4 is 5.73 Å². The van der Waals surface area contributed by atoms with E-state index in [0.717, 1.165) is 39.0 Å². The molecule has 2 N–H and O–H groups in total. The van der Waals surface area contributed by atoms with Gasteiger partial charge in [0, 0.05) is 22.8 Å². The number of hydrogen-bond donors (Lipinski definition) is 1. The van der Waals surface area contributed by atoms with E-state index >= 15 is 0 Å². The highest BCUT2D eigenvalue weighted by Crippen LogP contribution is 2.35. The van der Waals surface area contributed by atoms with Crippen molar-refractivity contribution in [2.75, 3.05) is 5.73 Å². The molecule has 27 heavy (non-hydrogen) atoms.